The molecule has 5 heteroatoms. The van der Waals surface area contributed by atoms with Crippen LogP contribution in [0.15, 0.2) is 36.4 Å². The molecular weight excluding hydrogens is 293 g/mol. The van der Waals surface area contributed by atoms with Gasteiger partial charge in [-0.1, -0.05) is 40.9 Å². The van der Waals surface area contributed by atoms with E-state index >= 15 is 0 Å². The van der Waals surface area contributed by atoms with Crippen LogP contribution in [0.1, 0.15) is 5.56 Å². The fourth-order valence-electron chi connectivity index (χ4n) is 1.48. The number of hydrogen-bond acceptors (Lipinski definition) is 2. The molecule has 0 aromatic heterocycles. The third-order valence-corrected chi connectivity index (χ3v) is 3.10. The molecule has 0 heterocycles. The number of hydrogen-bond donors (Lipinski definition) is 1. The highest BCUT2D eigenvalue weighted by Gasteiger charge is 2.04. The standard InChI is InChI=1S/C13H10Cl3NO/c14-9-3-10(15)5-12(4-9)18-11-2-1-8(7-17)13(16)6-11/h1-6H,7,17H2. The Kier molecular flexibility index (Phi) is 4.36. The van der Waals surface area contributed by atoms with Gasteiger partial charge in [0.2, 0.25) is 0 Å². The summed E-state index contributed by atoms with van der Waals surface area (Å²) in [6, 6.07) is 10.3. The molecule has 0 spiro atoms. The molecule has 0 bridgehead atoms. The molecule has 0 amide bonds. The van der Waals surface area contributed by atoms with Crippen LogP contribution >= 0.6 is 34.8 Å². The molecule has 2 rings (SSSR count). The summed E-state index contributed by atoms with van der Waals surface area (Å²) < 4.78 is 5.63. The highest BCUT2D eigenvalue weighted by atomic mass is 35.5. The van der Waals surface area contributed by atoms with Crippen LogP contribution in [-0.4, -0.2) is 0 Å². The van der Waals surface area contributed by atoms with E-state index in [1.807, 2.05) is 6.07 Å². The van der Waals surface area contributed by atoms with Crippen molar-refractivity contribution >= 4 is 34.8 Å². The van der Waals surface area contributed by atoms with Gasteiger partial charge in [-0.25, -0.2) is 0 Å². The fraction of sp³-hybridized carbons (Fsp3) is 0.0769. The summed E-state index contributed by atoms with van der Waals surface area (Å²) in [5.74, 6) is 1.17. The zero-order valence-electron chi connectivity index (χ0n) is 9.29. The molecule has 0 atom stereocenters. The second-order valence-corrected chi connectivity index (χ2v) is 4.94. The van der Waals surface area contributed by atoms with Crippen LogP contribution in [0.5, 0.6) is 11.5 Å². The summed E-state index contributed by atoms with van der Waals surface area (Å²) in [6.07, 6.45) is 0. The van der Waals surface area contributed by atoms with Crippen molar-refractivity contribution in [2.75, 3.05) is 0 Å². The van der Waals surface area contributed by atoms with Gasteiger partial charge in [-0.3, -0.25) is 0 Å². The lowest BCUT2D eigenvalue weighted by atomic mass is 10.2. The Morgan fingerprint density at radius 2 is 1.56 bits per heavy atom. The van der Waals surface area contributed by atoms with Crippen LogP contribution in [-0.2, 0) is 6.54 Å². The Hall–Kier alpha value is -0.930. The van der Waals surface area contributed by atoms with Crippen LogP contribution in [0.25, 0.3) is 0 Å². The van der Waals surface area contributed by atoms with Crippen molar-refractivity contribution in [1.82, 2.24) is 0 Å². The Morgan fingerprint density at radius 1 is 0.889 bits per heavy atom. The van der Waals surface area contributed by atoms with E-state index in [4.69, 9.17) is 45.3 Å². The molecule has 0 radical (unpaired) electrons. The van der Waals surface area contributed by atoms with Gasteiger partial charge in [0.15, 0.2) is 0 Å². The summed E-state index contributed by atoms with van der Waals surface area (Å²) in [5.41, 5.74) is 6.40. The van der Waals surface area contributed by atoms with E-state index in [2.05, 4.69) is 0 Å². The Labute approximate surface area is 120 Å². The smallest absolute Gasteiger partial charge is 0.130 e. The van der Waals surface area contributed by atoms with Crippen molar-refractivity contribution < 1.29 is 4.74 Å². The zero-order valence-corrected chi connectivity index (χ0v) is 11.6. The van der Waals surface area contributed by atoms with E-state index in [1.165, 1.54) is 0 Å². The molecule has 0 aliphatic carbocycles. The lowest BCUT2D eigenvalue weighted by Crippen LogP contribution is -1.97. The number of rotatable bonds is 3. The zero-order chi connectivity index (χ0) is 13.1. The normalized spacial score (nSPS) is 10.4. The average molecular weight is 303 g/mol. The van der Waals surface area contributed by atoms with Crippen molar-refractivity contribution in [1.29, 1.82) is 0 Å². The molecule has 0 saturated heterocycles. The van der Waals surface area contributed by atoms with Crippen molar-refractivity contribution in [3.63, 3.8) is 0 Å². The first-order valence-corrected chi connectivity index (χ1v) is 6.34. The molecule has 0 aliphatic heterocycles. The summed E-state index contributed by atoms with van der Waals surface area (Å²) in [4.78, 5) is 0. The number of halogens is 3. The largest absolute Gasteiger partial charge is 0.457 e. The van der Waals surface area contributed by atoms with Crippen LogP contribution in [0.3, 0.4) is 0 Å². The first kappa shape index (κ1) is 13.5. The molecule has 0 aliphatic rings. The number of ether oxygens (including phenoxy) is 1. The molecule has 2 nitrogen and oxygen atoms in total. The van der Waals surface area contributed by atoms with Gasteiger partial charge in [0.1, 0.15) is 11.5 Å². The van der Waals surface area contributed by atoms with Gasteiger partial charge in [0.05, 0.1) is 0 Å². The highest BCUT2D eigenvalue weighted by molar-refractivity contribution is 6.34. The van der Waals surface area contributed by atoms with Gasteiger partial charge in [-0.15, -0.1) is 0 Å². The molecular formula is C13H10Cl3NO. The molecule has 18 heavy (non-hydrogen) atoms. The first-order valence-electron chi connectivity index (χ1n) is 5.21. The molecule has 94 valence electrons. The van der Waals surface area contributed by atoms with E-state index in [0.29, 0.717) is 33.1 Å². The number of benzene rings is 2. The molecule has 2 aromatic carbocycles. The predicted molar refractivity (Wildman–Crippen MR) is 75.9 cm³/mol. The van der Waals surface area contributed by atoms with Crippen LogP contribution in [0.2, 0.25) is 15.1 Å². The van der Waals surface area contributed by atoms with E-state index in [9.17, 15) is 0 Å². The van der Waals surface area contributed by atoms with Crippen molar-refractivity contribution in [3.8, 4) is 11.5 Å². The van der Waals surface area contributed by atoms with Gasteiger partial charge in [-0.2, -0.15) is 0 Å². The average Bonchev–Trinajstić information content (AvgIpc) is 2.27. The van der Waals surface area contributed by atoms with Crippen LogP contribution in [0, 0.1) is 0 Å². The van der Waals surface area contributed by atoms with Gasteiger partial charge in [0.25, 0.3) is 0 Å². The molecule has 0 saturated carbocycles. The summed E-state index contributed by atoms with van der Waals surface area (Å²) in [7, 11) is 0. The second kappa shape index (κ2) is 5.81. The van der Waals surface area contributed by atoms with Crippen molar-refractivity contribution in [2.45, 2.75) is 6.54 Å². The molecule has 0 unspecified atom stereocenters. The van der Waals surface area contributed by atoms with E-state index in [1.54, 1.807) is 30.3 Å². The Bertz CT molecular complexity index is 552. The number of nitrogens with two attached hydrogens (primary N) is 1. The van der Waals surface area contributed by atoms with Crippen molar-refractivity contribution in [2.24, 2.45) is 5.73 Å². The minimum Gasteiger partial charge on any atom is -0.457 e. The van der Waals surface area contributed by atoms with Gasteiger partial charge in [0, 0.05) is 21.6 Å². The molecule has 2 N–H and O–H groups in total. The van der Waals surface area contributed by atoms with E-state index < -0.39 is 0 Å². The van der Waals surface area contributed by atoms with Gasteiger partial charge in [-0.05, 0) is 35.9 Å². The highest BCUT2D eigenvalue weighted by Crippen LogP contribution is 2.30. The third kappa shape index (κ3) is 3.30. The third-order valence-electron chi connectivity index (χ3n) is 2.32. The molecule has 0 fully saturated rings. The first-order chi connectivity index (χ1) is 8.58. The summed E-state index contributed by atoms with van der Waals surface area (Å²) in [5, 5.41) is 1.60. The van der Waals surface area contributed by atoms with Crippen molar-refractivity contribution in [3.05, 3.63) is 57.0 Å². The molecule has 2 aromatic rings. The monoisotopic (exact) mass is 301 g/mol. The van der Waals surface area contributed by atoms with Crippen LogP contribution < -0.4 is 10.5 Å². The maximum atomic E-state index is 6.05. The minimum absolute atomic E-state index is 0.391. The van der Waals surface area contributed by atoms with Gasteiger partial charge < -0.3 is 10.5 Å². The predicted octanol–water partition coefficient (Wildman–Crippen LogP) is 4.90. The maximum Gasteiger partial charge on any atom is 0.130 e. The topological polar surface area (TPSA) is 35.2 Å². The lowest BCUT2D eigenvalue weighted by Gasteiger charge is -2.08. The summed E-state index contributed by atoms with van der Waals surface area (Å²) in [6.45, 7) is 0.391. The van der Waals surface area contributed by atoms with E-state index in [0.717, 1.165) is 5.56 Å². The quantitative estimate of drug-likeness (QED) is 0.875. The van der Waals surface area contributed by atoms with E-state index in [-0.39, 0.29) is 0 Å². The summed E-state index contributed by atoms with van der Waals surface area (Å²) >= 11 is 17.8. The SMILES string of the molecule is NCc1ccc(Oc2cc(Cl)cc(Cl)c2)cc1Cl. The fourth-order valence-corrected chi connectivity index (χ4v) is 2.23. The maximum absolute atomic E-state index is 6.05. The van der Waals surface area contributed by atoms with Crippen LogP contribution in [0.4, 0.5) is 0 Å². The second-order valence-electron chi connectivity index (χ2n) is 3.66. The minimum atomic E-state index is 0.391. The lowest BCUT2D eigenvalue weighted by molar-refractivity contribution is 0.482. The van der Waals surface area contributed by atoms with Gasteiger partial charge >= 0.3 is 0 Å². The Balaban J connectivity index is 2.25. The Morgan fingerprint density at radius 3 is 2.11 bits per heavy atom.